The summed E-state index contributed by atoms with van der Waals surface area (Å²) in [5.41, 5.74) is 0. The second-order valence-corrected chi connectivity index (χ2v) is 3.71. The average molecular weight is 233 g/mol. The summed E-state index contributed by atoms with van der Waals surface area (Å²) < 4.78 is 8.13. The molecule has 0 aliphatic carbocycles. The van der Waals surface area contributed by atoms with E-state index < -0.39 is 0 Å². The van der Waals surface area contributed by atoms with Crippen molar-refractivity contribution in [3.8, 4) is 0 Å². The first-order chi connectivity index (χ1) is 5.66. The lowest BCUT2D eigenvalue weighted by molar-refractivity contribution is 0.173. The molecular formula is C8H13BrN2O. The van der Waals surface area contributed by atoms with E-state index in [-0.39, 0.29) is 0 Å². The number of hydrogen-bond acceptors (Lipinski definition) is 2. The Kier molecular flexibility index (Phi) is 3.29. The van der Waals surface area contributed by atoms with E-state index in [2.05, 4.69) is 39.3 Å². The van der Waals surface area contributed by atoms with Gasteiger partial charge in [0.25, 0.3) is 0 Å². The fourth-order valence-electron chi connectivity index (χ4n) is 1.16. The first kappa shape index (κ1) is 9.74. The van der Waals surface area contributed by atoms with E-state index in [0.29, 0.717) is 12.6 Å². The Hall–Kier alpha value is -0.350. The molecule has 0 aromatic carbocycles. The lowest BCUT2D eigenvalue weighted by Gasteiger charge is -2.12. The van der Waals surface area contributed by atoms with Gasteiger partial charge in [0, 0.05) is 13.2 Å². The van der Waals surface area contributed by atoms with Crippen LogP contribution in [0.4, 0.5) is 0 Å². The molecule has 0 saturated heterocycles. The van der Waals surface area contributed by atoms with Crippen molar-refractivity contribution >= 4 is 15.9 Å². The zero-order valence-electron chi connectivity index (χ0n) is 7.54. The highest BCUT2D eigenvalue weighted by Gasteiger charge is 2.09. The zero-order chi connectivity index (χ0) is 9.14. The molecule has 3 nitrogen and oxygen atoms in total. The number of aromatic nitrogens is 2. The fraction of sp³-hybridized carbons (Fsp3) is 0.625. The van der Waals surface area contributed by atoms with Crippen LogP contribution in [0.3, 0.4) is 0 Å². The number of imidazole rings is 1. The van der Waals surface area contributed by atoms with E-state index in [4.69, 9.17) is 4.74 Å². The van der Waals surface area contributed by atoms with E-state index in [0.717, 1.165) is 10.4 Å². The summed E-state index contributed by atoms with van der Waals surface area (Å²) in [5, 5.41) is 0. The van der Waals surface area contributed by atoms with Crippen LogP contribution < -0.4 is 0 Å². The maximum absolute atomic E-state index is 5.03. The number of halogens is 1. The van der Waals surface area contributed by atoms with Crippen LogP contribution in [0.1, 0.15) is 25.7 Å². The first-order valence-electron chi connectivity index (χ1n) is 3.87. The smallest absolute Gasteiger partial charge is 0.135 e. The third-order valence-corrected chi connectivity index (χ3v) is 2.20. The van der Waals surface area contributed by atoms with E-state index in [1.165, 1.54) is 0 Å². The predicted octanol–water partition coefficient (Wildman–Crippen LogP) is 2.37. The molecule has 0 bridgehead atoms. The maximum atomic E-state index is 5.03. The van der Waals surface area contributed by atoms with Crippen LogP contribution in [-0.4, -0.2) is 16.7 Å². The highest BCUT2D eigenvalue weighted by atomic mass is 79.9. The topological polar surface area (TPSA) is 27.1 Å². The van der Waals surface area contributed by atoms with Crippen molar-refractivity contribution in [1.82, 2.24) is 9.55 Å². The van der Waals surface area contributed by atoms with Crippen LogP contribution in [0.25, 0.3) is 0 Å². The van der Waals surface area contributed by atoms with E-state index in [1.807, 2.05) is 0 Å². The van der Waals surface area contributed by atoms with Gasteiger partial charge >= 0.3 is 0 Å². The average Bonchev–Trinajstić information content (AvgIpc) is 2.32. The molecular weight excluding hydrogens is 220 g/mol. The molecule has 1 heterocycles. The Labute approximate surface area is 80.9 Å². The molecule has 12 heavy (non-hydrogen) atoms. The molecule has 0 aliphatic rings. The first-order valence-corrected chi connectivity index (χ1v) is 4.66. The van der Waals surface area contributed by atoms with Gasteiger partial charge < -0.3 is 9.30 Å². The molecule has 0 N–H and O–H groups in total. The summed E-state index contributed by atoms with van der Waals surface area (Å²) in [4.78, 5) is 4.22. The molecule has 1 aromatic heterocycles. The van der Waals surface area contributed by atoms with Gasteiger partial charge in [-0.2, -0.15) is 0 Å². The predicted molar refractivity (Wildman–Crippen MR) is 51.0 cm³/mol. The Morgan fingerprint density at radius 1 is 1.67 bits per heavy atom. The van der Waals surface area contributed by atoms with Crippen LogP contribution in [0.5, 0.6) is 0 Å². The molecule has 0 aliphatic heterocycles. The maximum Gasteiger partial charge on any atom is 0.135 e. The van der Waals surface area contributed by atoms with Crippen molar-refractivity contribution in [2.24, 2.45) is 0 Å². The summed E-state index contributed by atoms with van der Waals surface area (Å²) in [6.07, 6.45) is 1.80. The summed E-state index contributed by atoms with van der Waals surface area (Å²) >= 11 is 3.43. The SMILES string of the molecule is COCc1ncc(Br)n1C(C)C. The number of rotatable bonds is 3. The van der Waals surface area contributed by atoms with Gasteiger partial charge in [0.2, 0.25) is 0 Å². The van der Waals surface area contributed by atoms with Gasteiger partial charge in [-0.1, -0.05) is 0 Å². The molecule has 4 heteroatoms. The third kappa shape index (κ3) is 1.87. The van der Waals surface area contributed by atoms with Crippen molar-refractivity contribution in [1.29, 1.82) is 0 Å². The highest BCUT2D eigenvalue weighted by Crippen LogP contribution is 2.18. The second-order valence-electron chi connectivity index (χ2n) is 2.89. The molecule has 0 radical (unpaired) electrons. The molecule has 1 rings (SSSR count). The molecule has 0 amide bonds. The molecule has 0 saturated carbocycles. The molecule has 0 atom stereocenters. The number of nitrogens with zero attached hydrogens (tertiary/aromatic N) is 2. The largest absolute Gasteiger partial charge is 0.377 e. The van der Waals surface area contributed by atoms with Gasteiger partial charge in [-0.15, -0.1) is 0 Å². The number of hydrogen-bond donors (Lipinski definition) is 0. The van der Waals surface area contributed by atoms with E-state index in [9.17, 15) is 0 Å². The van der Waals surface area contributed by atoms with Gasteiger partial charge in [-0.05, 0) is 29.8 Å². The standard InChI is InChI=1S/C8H13BrN2O/c1-6(2)11-7(9)4-10-8(11)5-12-3/h4,6H,5H2,1-3H3. The molecule has 0 fully saturated rings. The highest BCUT2D eigenvalue weighted by molar-refractivity contribution is 9.10. The fourth-order valence-corrected chi connectivity index (χ4v) is 1.87. The minimum Gasteiger partial charge on any atom is -0.377 e. The van der Waals surface area contributed by atoms with E-state index >= 15 is 0 Å². The Morgan fingerprint density at radius 3 is 2.83 bits per heavy atom. The van der Waals surface area contributed by atoms with Crippen LogP contribution in [0.15, 0.2) is 10.8 Å². The van der Waals surface area contributed by atoms with E-state index in [1.54, 1.807) is 13.3 Å². The van der Waals surface area contributed by atoms with Gasteiger partial charge in [0.15, 0.2) is 0 Å². The Balaban J connectivity index is 2.95. The molecule has 0 unspecified atom stereocenters. The Morgan fingerprint density at radius 2 is 2.33 bits per heavy atom. The minimum atomic E-state index is 0.409. The molecule has 1 aromatic rings. The van der Waals surface area contributed by atoms with Crippen LogP contribution in [0.2, 0.25) is 0 Å². The number of methoxy groups -OCH3 is 1. The number of ether oxygens (including phenoxy) is 1. The van der Waals surface area contributed by atoms with Crippen LogP contribution in [-0.2, 0) is 11.3 Å². The normalized spacial score (nSPS) is 11.1. The van der Waals surface area contributed by atoms with Crippen molar-refractivity contribution < 1.29 is 4.74 Å². The van der Waals surface area contributed by atoms with Crippen molar-refractivity contribution in [2.45, 2.75) is 26.5 Å². The van der Waals surface area contributed by atoms with Gasteiger partial charge in [-0.3, -0.25) is 0 Å². The summed E-state index contributed by atoms with van der Waals surface area (Å²) in [5.74, 6) is 0.958. The summed E-state index contributed by atoms with van der Waals surface area (Å²) in [7, 11) is 1.67. The van der Waals surface area contributed by atoms with Crippen LogP contribution >= 0.6 is 15.9 Å². The lowest BCUT2D eigenvalue weighted by atomic mass is 10.4. The van der Waals surface area contributed by atoms with Gasteiger partial charge in [-0.25, -0.2) is 4.98 Å². The molecule has 0 spiro atoms. The Bertz CT molecular complexity index is 258. The monoisotopic (exact) mass is 232 g/mol. The summed E-state index contributed by atoms with van der Waals surface area (Å²) in [6, 6.07) is 0.409. The van der Waals surface area contributed by atoms with Crippen molar-refractivity contribution in [2.75, 3.05) is 7.11 Å². The lowest BCUT2D eigenvalue weighted by Crippen LogP contribution is -2.07. The second kappa shape index (κ2) is 4.05. The van der Waals surface area contributed by atoms with Crippen LogP contribution in [0, 0.1) is 0 Å². The summed E-state index contributed by atoms with van der Waals surface area (Å²) in [6.45, 7) is 4.79. The van der Waals surface area contributed by atoms with Crippen molar-refractivity contribution in [3.63, 3.8) is 0 Å². The van der Waals surface area contributed by atoms with Gasteiger partial charge in [0.1, 0.15) is 17.0 Å². The molecule has 68 valence electrons. The minimum absolute atomic E-state index is 0.409. The zero-order valence-corrected chi connectivity index (χ0v) is 9.13. The quantitative estimate of drug-likeness (QED) is 0.801. The third-order valence-electron chi connectivity index (χ3n) is 1.62. The van der Waals surface area contributed by atoms with Gasteiger partial charge in [0.05, 0.1) is 6.20 Å². The van der Waals surface area contributed by atoms with Crippen molar-refractivity contribution in [3.05, 3.63) is 16.6 Å².